The number of benzene rings is 1. The summed E-state index contributed by atoms with van der Waals surface area (Å²) in [5.41, 5.74) is 0.612. The summed E-state index contributed by atoms with van der Waals surface area (Å²) in [5.74, 6) is 1.28. The molecule has 22 heavy (non-hydrogen) atoms. The van der Waals surface area contributed by atoms with Crippen LogP contribution in [0.5, 0.6) is 0 Å². The standard InChI is InChI=1S/C14H16Cl2N4OS/c1-8(2)13-18-19-14(20(13)3)22-7-12(21)17-9-4-5-10(15)11(16)6-9/h4-6,8H,7H2,1-3H3,(H,17,21). The number of thioether (sulfide) groups is 1. The zero-order valence-electron chi connectivity index (χ0n) is 12.4. The van der Waals surface area contributed by atoms with E-state index in [0.717, 1.165) is 5.82 Å². The van der Waals surface area contributed by atoms with Crippen molar-refractivity contribution in [1.82, 2.24) is 14.8 Å². The van der Waals surface area contributed by atoms with Gasteiger partial charge in [-0.25, -0.2) is 0 Å². The summed E-state index contributed by atoms with van der Waals surface area (Å²) in [6.45, 7) is 4.10. The van der Waals surface area contributed by atoms with E-state index in [1.807, 2.05) is 11.6 Å². The van der Waals surface area contributed by atoms with Crippen LogP contribution in [0.25, 0.3) is 0 Å². The van der Waals surface area contributed by atoms with Crippen molar-refractivity contribution in [2.45, 2.75) is 24.9 Å². The fourth-order valence-electron chi connectivity index (χ4n) is 1.86. The topological polar surface area (TPSA) is 59.8 Å². The van der Waals surface area contributed by atoms with Crippen LogP contribution in [0.1, 0.15) is 25.6 Å². The normalized spacial score (nSPS) is 11.0. The van der Waals surface area contributed by atoms with E-state index >= 15 is 0 Å². The Kier molecular flexibility index (Phi) is 5.72. The minimum Gasteiger partial charge on any atom is -0.325 e. The first kappa shape index (κ1) is 17.1. The summed E-state index contributed by atoms with van der Waals surface area (Å²) in [4.78, 5) is 12.0. The van der Waals surface area contributed by atoms with Crippen LogP contribution in [0.2, 0.25) is 10.0 Å². The Hall–Kier alpha value is -1.24. The number of carbonyl (C=O) groups is 1. The zero-order valence-corrected chi connectivity index (χ0v) is 14.8. The highest BCUT2D eigenvalue weighted by Crippen LogP contribution is 2.25. The van der Waals surface area contributed by atoms with Gasteiger partial charge in [0.15, 0.2) is 5.16 Å². The third-order valence-electron chi connectivity index (χ3n) is 2.92. The van der Waals surface area contributed by atoms with Gasteiger partial charge in [-0.2, -0.15) is 0 Å². The summed E-state index contributed by atoms with van der Waals surface area (Å²) in [7, 11) is 1.90. The van der Waals surface area contributed by atoms with E-state index in [2.05, 4.69) is 29.4 Å². The van der Waals surface area contributed by atoms with Gasteiger partial charge in [0, 0.05) is 18.7 Å². The Morgan fingerprint density at radius 2 is 2.05 bits per heavy atom. The summed E-state index contributed by atoms with van der Waals surface area (Å²) < 4.78 is 1.90. The molecule has 1 aromatic carbocycles. The van der Waals surface area contributed by atoms with Crippen molar-refractivity contribution in [3.8, 4) is 0 Å². The van der Waals surface area contributed by atoms with E-state index in [1.54, 1.807) is 18.2 Å². The molecule has 0 atom stereocenters. The van der Waals surface area contributed by atoms with Gasteiger partial charge in [0.05, 0.1) is 15.8 Å². The first-order valence-corrected chi connectivity index (χ1v) is 8.39. The van der Waals surface area contributed by atoms with Gasteiger partial charge in [-0.05, 0) is 18.2 Å². The summed E-state index contributed by atoms with van der Waals surface area (Å²) >= 11 is 13.1. The lowest BCUT2D eigenvalue weighted by Gasteiger charge is -2.07. The number of aromatic nitrogens is 3. The Balaban J connectivity index is 1.94. The lowest BCUT2D eigenvalue weighted by atomic mass is 10.2. The quantitative estimate of drug-likeness (QED) is 0.821. The summed E-state index contributed by atoms with van der Waals surface area (Å²) in [6.07, 6.45) is 0. The van der Waals surface area contributed by atoms with E-state index in [4.69, 9.17) is 23.2 Å². The monoisotopic (exact) mass is 358 g/mol. The molecule has 0 unspecified atom stereocenters. The molecule has 0 aliphatic heterocycles. The lowest BCUT2D eigenvalue weighted by Crippen LogP contribution is -2.14. The Labute approximate surface area is 143 Å². The smallest absolute Gasteiger partial charge is 0.234 e. The van der Waals surface area contributed by atoms with E-state index in [-0.39, 0.29) is 17.6 Å². The minimum atomic E-state index is -0.141. The van der Waals surface area contributed by atoms with Crippen LogP contribution in [0.15, 0.2) is 23.4 Å². The molecular weight excluding hydrogens is 343 g/mol. The largest absolute Gasteiger partial charge is 0.325 e. The molecule has 0 saturated carbocycles. The number of anilines is 1. The molecule has 1 N–H and O–H groups in total. The first-order valence-electron chi connectivity index (χ1n) is 6.65. The Morgan fingerprint density at radius 1 is 1.32 bits per heavy atom. The average Bonchev–Trinajstić information content (AvgIpc) is 2.82. The predicted octanol–water partition coefficient (Wildman–Crippen LogP) is 3.98. The number of hydrogen-bond donors (Lipinski definition) is 1. The van der Waals surface area contributed by atoms with Crippen molar-refractivity contribution >= 4 is 46.6 Å². The molecule has 1 aromatic heterocycles. The Morgan fingerprint density at radius 3 is 2.64 bits per heavy atom. The summed E-state index contributed by atoms with van der Waals surface area (Å²) in [6, 6.07) is 4.96. The van der Waals surface area contributed by atoms with Gasteiger partial charge < -0.3 is 9.88 Å². The molecule has 1 amide bonds. The molecule has 8 heteroatoms. The highest BCUT2D eigenvalue weighted by Gasteiger charge is 2.13. The van der Waals surface area contributed by atoms with Gasteiger partial charge in [0.2, 0.25) is 5.91 Å². The molecule has 2 rings (SSSR count). The molecule has 2 aromatic rings. The molecule has 5 nitrogen and oxygen atoms in total. The van der Waals surface area contributed by atoms with Gasteiger partial charge in [0.1, 0.15) is 5.82 Å². The molecule has 0 fully saturated rings. The van der Waals surface area contributed by atoms with Gasteiger partial charge in [-0.3, -0.25) is 4.79 Å². The zero-order chi connectivity index (χ0) is 16.3. The number of amides is 1. The third-order valence-corrected chi connectivity index (χ3v) is 4.68. The number of nitrogens with one attached hydrogen (secondary N) is 1. The molecular formula is C14H16Cl2N4OS. The molecule has 1 heterocycles. The van der Waals surface area contributed by atoms with E-state index in [9.17, 15) is 4.79 Å². The lowest BCUT2D eigenvalue weighted by molar-refractivity contribution is -0.113. The predicted molar refractivity (Wildman–Crippen MR) is 90.9 cm³/mol. The molecule has 118 valence electrons. The van der Waals surface area contributed by atoms with E-state index in [0.29, 0.717) is 20.9 Å². The maximum absolute atomic E-state index is 12.0. The fraction of sp³-hybridized carbons (Fsp3) is 0.357. The van der Waals surface area contributed by atoms with E-state index < -0.39 is 0 Å². The third kappa shape index (κ3) is 4.15. The van der Waals surface area contributed by atoms with Crippen molar-refractivity contribution in [3.05, 3.63) is 34.1 Å². The highest BCUT2D eigenvalue weighted by atomic mass is 35.5. The van der Waals surface area contributed by atoms with Crippen LogP contribution in [-0.2, 0) is 11.8 Å². The molecule has 0 bridgehead atoms. The van der Waals surface area contributed by atoms with Gasteiger partial charge >= 0.3 is 0 Å². The molecule has 0 aliphatic carbocycles. The molecule has 0 aliphatic rings. The number of rotatable bonds is 5. The number of hydrogen-bond acceptors (Lipinski definition) is 4. The number of nitrogens with zero attached hydrogens (tertiary/aromatic N) is 3. The molecule has 0 saturated heterocycles. The van der Waals surface area contributed by atoms with Crippen molar-refractivity contribution in [2.75, 3.05) is 11.1 Å². The van der Waals surface area contributed by atoms with Gasteiger partial charge in [-0.15, -0.1) is 10.2 Å². The average molecular weight is 359 g/mol. The van der Waals surface area contributed by atoms with Crippen LogP contribution in [0.3, 0.4) is 0 Å². The Bertz CT molecular complexity index is 687. The highest BCUT2D eigenvalue weighted by molar-refractivity contribution is 7.99. The maximum atomic E-state index is 12.0. The molecule has 0 spiro atoms. The van der Waals surface area contributed by atoms with Gasteiger partial charge in [-0.1, -0.05) is 48.8 Å². The second-order valence-electron chi connectivity index (χ2n) is 5.02. The first-order chi connectivity index (χ1) is 10.4. The maximum Gasteiger partial charge on any atom is 0.234 e. The fourth-order valence-corrected chi connectivity index (χ4v) is 2.87. The summed E-state index contributed by atoms with van der Waals surface area (Å²) in [5, 5.41) is 12.6. The van der Waals surface area contributed by atoms with Crippen molar-refractivity contribution < 1.29 is 4.79 Å². The molecule has 0 radical (unpaired) electrons. The van der Waals surface area contributed by atoms with Crippen LogP contribution < -0.4 is 5.32 Å². The van der Waals surface area contributed by atoms with Crippen LogP contribution in [0.4, 0.5) is 5.69 Å². The van der Waals surface area contributed by atoms with Crippen molar-refractivity contribution in [2.24, 2.45) is 7.05 Å². The number of halogens is 2. The van der Waals surface area contributed by atoms with Crippen molar-refractivity contribution in [3.63, 3.8) is 0 Å². The second-order valence-corrected chi connectivity index (χ2v) is 6.78. The second kappa shape index (κ2) is 7.35. The van der Waals surface area contributed by atoms with Gasteiger partial charge in [0.25, 0.3) is 0 Å². The van der Waals surface area contributed by atoms with E-state index in [1.165, 1.54) is 11.8 Å². The van der Waals surface area contributed by atoms with Crippen molar-refractivity contribution in [1.29, 1.82) is 0 Å². The van der Waals surface area contributed by atoms with Crippen LogP contribution in [0, 0.1) is 0 Å². The number of carbonyl (C=O) groups excluding carboxylic acids is 1. The van der Waals surface area contributed by atoms with Crippen LogP contribution in [-0.4, -0.2) is 26.4 Å². The SMILES string of the molecule is CC(C)c1nnc(SCC(=O)Nc2ccc(Cl)c(Cl)c2)n1C. The minimum absolute atomic E-state index is 0.141. The van der Waals surface area contributed by atoms with Crippen LogP contribution >= 0.6 is 35.0 Å².